The number of aromatic nitrogens is 3. The average Bonchev–Trinajstić information content (AvgIpc) is 3.01. The van der Waals surface area contributed by atoms with Gasteiger partial charge in [0.25, 0.3) is 5.91 Å². The van der Waals surface area contributed by atoms with Crippen molar-refractivity contribution in [3.05, 3.63) is 40.9 Å². The molecule has 0 saturated carbocycles. The van der Waals surface area contributed by atoms with E-state index in [0.717, 1.165) is 18.4 Å². The molecular weight excluding hydrogens is 342 g/mol. The molecule has 1 amide bonds. The number of nitrogens with one attached hydrogen (secondary N) is 2. The molecule has 2 fully saturated rings. The van der Waals surface area contributed by atoms with Crippen molar-refractivity contribution in [2.24, 2.45) is 0 Å². The van der Waals surface area contributed by atoms with Crippen molar-refractivity contribution >= 4 is 17.5 Å². The van der Waals surface area contributed by atoms with E-state index in [1.54, 1.807) is 13.1 Å². The number of pyridine rings is 1. The fourth-order valence-electron chi connectivity index (χ4n) is 3.45. The van der Waals surface area contributed by atoms with Crippen molar-refractivity contribution < 1.29 is 9.53 Å². The number of hydrogen-bond acceptors (Lipinski definition) is 6. The predicted octanol–water partition coefficient (Wildman–Crippen LogP) is 1.74. The highest BCUT2D eigenvalue weighted by molar-refractivity contribution is 6.29. The Balaban J connectivity index is 1.69. The van der Waals surface area contributed by atoms with Gasteiger partial charge in [-0.2, -0.15) is 0 Å². The molecule has 2 saturated heterocycles. The first kappa shape index (κ1) is 16.4. The zero-order chi connectivity index (χ0) is 17.4. The molecule has 0 radical (unpaired) electrons. The Kier molecular flexibility index (Phi) is 4.37. The SMILES string of the molecule is CNC(=O)c1cc(-c2cc([C@H]3OC[C@@H]4CC[C@H]3N4)cc(Cl)n2)ncn1. The van der Waals surface area contributed by atoms with Crippen molar-refractivity contribution in [1.29, 1.82) is 0 Å². The standard InChI is InChI=1S/C17H18ClN5O2/c1-19-17(24)14-6-12(20-8-21-14)13-4-9(5-15(18)23-13)16-11-3-2-10(22-11)7-25-16/h4-6,8,10-11,16,22H,2-3,7H2,1H3,(H,19,24)/t10-,11+,16+/m0/s1. The van der Waals surface area contributed by atoms with Gasteiger partial charge in [-0.25, -0.2) is 15.0 Å². The van der Waals surface area contributed by atoms with E-state index in [0.29, 0.717) is 29.2 Å². The third-order valence-corrected chi connectivity index (χ3v) is 4.85. The molecule has 4 rings (SSSR count). The second-order valence-corrected chi connectivity index (χ2v) is 6.66. The van der Waals surface area contributed by atoms with Gasteiger partial charge < -0.3 is 15.4 Å². The molecule has 130 valence electrons. The molecule has 4 heterocycles. The number of hydrogen-bond donors (Lipinski definition) is 2. The summed E-state index contributed by atoms with van der Waals surface area (Å²) in [6.45, 7) is 0.699. The molecule has 2 aromatic heterocycles. The van der Waals surface area contributed by atoms with Crippen LogP contribution in [0.15, 0.2) is 24.5 Å². The van der Waals surface area contributed by atoms with Gasteiger partial charge in [-0.15, -0.1) is 0 Å². The maximum Gasteiger partial charge on any atom is 0.269 e. The van der Waals surface area contributed by atoms with Crippen LogP contribution in [0.25, 0.3) is 11.4 Å². The van der Waals surface area contributed by atoms with Crippen LogP contribution in [0.5, 0.6) is 0 Å². The molecule has 2 aliphatic rings. The van der Waals surface area contributed by atoms with Crippen LogP contribution in [0.4, 0.5) is 0 Å². The van der Waals surface area contributed by atoms with Crippen LogP contribution in [-0.2, 0) is 4.74 Å². The number of nitrogens with zero attached hydrogens (tertiary/aromatic N) is 3. The molecule has 0 aromatic carbocycles. The first-order valence-electron chi connectivity index (χ1n) is 8.23. The summed E-state index contributed by atoms with van der Waals surface area (Å²) in [6.07, 6.45) is 3.51. The summed E-state index contributed by atoms with van der Waals surface area (Å²) in [6, 6.07) is 6.10. The highest BCUT2D eigenvalue weighted by Crippen LogP contribution is 2.35. The zero-order valence-electron chi connectivity index (χ0n) is 13.7. The van der Waals surface area contributed by atoms with Crippen LogP contribution < -0.4 is 10.6 Å². The fourth-order valence-corrected chi connectivity index (χ4v) is 3.66. The lowest BCUT2D eigenvalue weighted by atomic mass is 10.0. The number of rotatable bonds is 3. The number of amides is 1. The Morgan fingerprint density at radius 1 is 1.28 bits per heavy atom. The van der Waals surface area contributed by atoms with E-state index in [2.05, 4.69) is 25.6 Å². The van der Waals surface area contributed by atoms with Gasteiger partial charge in [0, 0.05) is 19.1 Å². The number of fused-ring (bicyclic) bond motifs is 2. The fraction of sp³-hybridized carbons (Fsp3) is 0.412. The van der Waals surface area contributed by atoms with Crippen LogP contribution in [0.1, 0.15) is 35.0 Å². The summed E-state index contributed by atoms with van der Waals surface area (Å²) in [5, 5.41) is 6.50. The number of halogens is 1. The second-order valence-electron chi connectivity index (χ2n) is 6.28. The molecule has 8 heteroatoms. The molecule has 25 heavy (non-hydrogen) atoms. The van der Waals surface area contributed by atoms with Gasteiger partial charge in [-0.05, 0) is 36.6 Å². The summed E-state index contributed by atoms with van der Waals surface area (Å²) in [4.78, 5) is 24.4. The van der Waals surface area contributed by atoms with Gasteiger partial charge >= 0.3 is 0 Å². The third-order valence-electron chi connectivity index (χ3n) is 4.65. The monoisotopic (exact) mass is 359 g/mol. The predicted molar refractivity (Wildman–Crippen MR) is 92.3 cm³/mol. The molecule has 2 N–H and O–H groups in total. The molecule has 7 nitrogen and oxygen atoms in total. The van der Waals surface area contributed by atoms with Crippen LogP contribution in [0.2, 0.25) is 5.15 Å². The van der Waals surface area contributed by atoms with E-state index < -0.39 is 0 Å². The molecule has 3 atom stereocenters. The van der Waals surface area contributed by atoms with E-state index in [9.17, 15) is 4.79 Å². The van der Waals surface area contributed by atoms with Crippen LogP contribution in [0.3, 0.4) is 0 Å². The largest absolute Gasteiger partial charge is 0.370 e. The van der Waals surface area contributed by atoms with Gasteiger partial charge in [0.15, 0.2) is 0 Å². The van der Waals surface area contributed by atoms with Crippen LogP contribution in [-0.4, -0.2) is 46.6 Å². The molecule has 2 aromatic rings. The first-order valence-corrected chi connectivity index (χ1v) is 8.61. The van der Waals surface area contributed by atoms with E-state index in [-0.39, 0.29) is 23.7 Å². The maximum absolute atomic E-state index is 11.8. The van der Waals surface area contributed by atoms with Crippen molar-refractivity contribution in [3.63, 3.8) is 0 Å². The molecule has 0 unspecified atom stereocenters. The van der Waals surface area contributed by atoms with Gasteiger partial charge in [0.05, 0.1) is 24.1 Å². The molecule has 2 aliphatic heterocycles. The Hall–Kier alpha value is -2.09. The topological polar surface area (TPSA) is 89.0 Å². The van der Waals surface area contributed by atoms with E-state index >= 15 is 0 Å². The normalized spacial score (nSPS) is 25.0. The Morgan fingerprint density at radius 2 is 2.16 bits per heavy atom. The zero-order valence-corrected chi connectivity index (χ0v) is 14.5. The van der Waals surface area contributed by atoms with E-state index in [4.69, 9.17) is 16.3 Å². The van der Waals surface area contributed by atoms with Gasteiger partial charge in [0.1, 0.15) is 17.2 Å². The van der Waals surface area contributed by atoms with Gasteiger partial charge in [-0.1, -0.05) is 11.6 Å². The van der Waals surface area contributed by atoms with Gasteiger partial charge in [0.2, 0.25) is 0 Å². The molecule has 0 spiro atoms. The average molecular weight is 360 g/mol. The minimum atomic E-state index is -0.275. The molecule has 0 aliphatic carbocycles. The van der Waals surface area contributed by atoms with E-state index in [1.165, 1.54) is 6.33 Å². The summed E-state index contributed by atoms with van der Waals surface area (Å²) in [5.74, 6) is -0.275. The van der Waals surface area contributed by atoms with Crippen molar-refractivity contribution in [3.8, 4) is 11.4 Å². The van der Waals surface area contributed by atoms with Crippen molar-refractivity contribution in [2.45, 2.75) is 31.0 Å². The highest BCUT2D eigenvalue weighted by atomic mass is 35.5. The summed E-state index contributed by atoms with van der Waals surface area (Å²) >= 11 is 6.24. The first-order chi connectivity index (χ1) is 12.1. The molecular formula is C17H18ClN5O2. The smallest absolute Gasteiger partial charge is 0.269 e. The van der Waals surface area contributed by atoms with E-state index in [1.807, 2.05) is 12.1 Å². The van der Waals surface area contributed by atoms with Gasteiger partial charge in [-0.3, -0.25) is 4.79 Å². The highest BCUT2D eigenvalue weighted by Gasteiger charge is 2.37. The van der Waals surface area contributed by atoms with Crippen molar-refractivity contribution in [2.75, 3.05) is 13.7 Å². The minimum absolute atomic E-state index is 0.0572. The van der Waals surface area contributed by atoms with Crippen molar-refractivity contribution in [1.82, 2.24) is 25.6 Å². The summed E-state index contributed by atoms with van der Waals surface area (Å²) in [5.41, 5.74) is 2.39. The lowest BCUT2D eigenvalue weighted by Gasteiger charge is -2.31. The quantitative estimate of drug-likeness (QED) is 0.811. The number of carbonyl (C=O) groups excluding carboxylic acids is 1. The minimum Gasteiger partial charge on any atom is -0.370 e. The lowest BCUT2D eigenvalue weighted by Crippen LogP contribution is -2.43. The summed E-state index contributed by atoms with van der Waals surface area (Å²) in [7, 11) is 1.56. The van der Waals surface area contributed by atoms with Crippen LogP contribution >= 0.6 is 11.6 Å². The van der Waals surface area contributed by atoms with Crippen LogP contribution in [0, 0.1) is 0 Å². The number of ether oxygens (including phenoxy) is 1. The number of morpholine rings is 1. The Morgan fingerprint density at radius 3 is 3.00 bits per heavy atom. The maximum atomic E-state index is 11.8. The molecule has 2 bridgehead atoms. The third kappa shape index (κ3) is 3.22. The lowest BCUT2D eigenvalue weighted by molar-refractivity contribution is -0.00613. The second kappa shape index (κ2) is 6.67. The number of carbonyl (C=O) groups is 1. The Labute approximate surface area is 150 Å². The Bertz CT molecular complexity index is 815. The summed E-state index contributed by atoms with van der Waals surface area (Å²) < 4.78 is 6.03.